The number of rotatable bonds is 10. The van der Waals surface area contributed by atoms with Crippen LogP contribution in [0.2, 0.25) is 0 Å². The first kappa shape index (κ1) is 33.8. The highest BCUT2D eigenvalue weighted by molar-refractivity contribution is 7.92. The van der Waals surface area contributed by atoms with Crippen LogP contribution < -0.4 is 4.74 Å². The third-order valence-electron chi connectivity index (χ3n) is 8.84. The molecule has 3 aliphatic rings. The Morgan fingerprint density at radius 2 is 1.75 bits per heavy atom. The minimum absolute atomic E-state index is 0.0247. The van der Waals surface area contributed by atoms with Gasteiger partial charge < -0.3 is 24.0 Å². The summed E-state index contributed by atoms with van der Waals surface area (Å²) in [4.78, 5) is 35.0. The van der Waals surface area contributed by atoms with Gasteiger partial charge in [0.15, 0.2) is 9.84 Å². The summed E-state index contributed by atoms with van der Waals surface area (Å²) in [5.41, 5.74) is -2.46. The van der Waals surface area contributed by atoms with Crippen molar-refractivity contribution in [2.24, 2.45) is 0 Å². The number of hydrogen-bond acceptors (Lipinski definition) is 11. The number of para-hydroxylation sites is 1. The maximum absolute atomic E-state index is 14.3. The molecule has 1 N–H and O–H groups in total. The third-order valence-corrected chi connectivity index (χ3v) is 11.1. The number of alkyl halides is 3. The lowest BCUT2D eigenvalue weighted by atomic mass is 9.96. The highest BCUT2D eigenvalue weighted by Gasteiger charge is 2.51. The maximum Gasteiger partial charge on any atom is 0.420 e. The summed E-state index contributed by atoms with van der Waals surface area (Å²) in [5, 5.41) is 12.5. The molecule has 2 aromatic carbocycles. The Morgan fingerprint density at radius 3 is 2.44 bits per heavy atom. The molecule has 0 spiro atoms. The molecule has 3 fully saturated rings. The summed E-state index contributed by atoms with van der Waals surface area (Å²) in [6, 6.07) is 7.84. The van der Waals surface area contributed by atoms with Crippen molar-refractivity contribution in [1.82, 2.24) is 24.8 Å². The SMILES string of the molecule is CC1(C)C(=O)N(Cc2nc(-c3ccc(Oc4ccccc4S(=O)(=O)C4CC(O)C4)c(C(F)(F)F)c3)no2)C(=O)N1CCN1CCOCC1. The fourth-order valence-electron chi connectivity index (χ4n) is 5.91. The minimum Gasteiger partial charge on any atom is -0.455 e. The number of aliphatic hydroxyl groups is 1. The van der Waals surface area contributed by atoms with Gasteiger partial charge in [-0.1, -0.05) is 17.3 Å². The summed E-state index contributed by atoms with van der Waals surface area (Å²) in [7, 11) is -3.98. The van der Waals surface area contributed by atoms with Gasteiger partial charge in [-0.3, -0.25) is 14.6 Å². The van der Waals surface area contributed by atoms with Gasteiger partial charge in [0.25, 0.3) is 5.91 Å². The van der Waals surface area contributed by atoms with Crippen LogP contribution in [0, 0.1) is 0 Å². The number of halogens is 3. The number of morpholine rings is 1. The Morgan fingerprint density at radius 1 is 1.04 bits per heavy atom. The van der Waals surface area contributed by atoms with Crippen LogP contribution in [-0.2, 0) is 32.1 Å². The molecule has 2 aliphatic heterocycles. The number of aliphatic hydroxyl groups excluding tert-OH is 1. The molecule has 1 aliphatic carbocycles. The minimum atomic E-state index is -4.92. The summed E-state index contributed by atoms with van der Waals surface area (Å²) >= 11 is 0. The number of aromatic nitrogens is 2. The van der Waals surface area contributed by atoms with Crippen LogP contribution >= 0.6 is 0 Å². The number of hydrogen-bond donors (Lipinski definition) is 1. The maximum atomic E-state index is 14.3. The average molecular weight is 694 g/mol. The number of ether oxygens (including phenoxy) is 2. The summed E-state index contributed by atoms with van der Waals surface area (Å²) < 4.78 is 85.3. The van der Waals surface area contributed by atoms with E-state index in [4.69, 9.17) is 14.0 Å². The topological polar surface area (TPSA) is 156 Å². The van der Waals surface area contributed by atoms with E-state index in [1.807, 2.05) is 0 Å². The van der Waals surface area contributed by atoms with Crippen LogP contribution in [0.1, 0.15) is 38.1 Å². The van der Waals surface area contributed by atoms with Crippen LogP contribution in [0.3, 0.4) is 0 Å². The van der Waals surface area contributed by atoms with Gasteiger partial charge in [0, 0.05) is 31.7 Å². The highest BCUT2D eigenvalue weighted by Crippen LogP contribution is 2.43. The first-order chi connectivity index (χ1) is 22.7. The van der Waals surface area contributed by atoms with Crippen molar-refractivity contribution in [1.29, 1.82) is 0 Å². The quantitative estimate of drug-likeness (QED) is 0.309. The van der Waals surface area contributed by atoms with Gasteiger partial charge in [-0.25, -0.2) is 13.2 Å². The molecule has 3 amide bonds. The Bertz CT molecular complexity index is 1800. The first-order valence-corrected chi connectivity index (χ1v) is 16.9. The number of nitrogens with zero attached hydrogens (tertiary/aromatic N) is 5. The molecule has 3 heterocycles. The van der Waals surface area contributed by atoms with Crippen LogP contribution in [-0.4, -0.2) is 107 Å². The predicted octanol–water partition coefficient (Wildman–Crippen LogP) is 3.72. The Hall–Kier alpha value is -4.06. The molecule has 258 valence electrons. The van der Waals surface area contributed by atoms with Gasteiger partial charge in [0.1, 0.15) is 28.5 Å². The monoisotopic (exact) mass is 693 g/mol. The molecule has 2 saturated heterocycles. The van der Waals surface area contributed by atoms with Crippen molar-refractivity contribution < 1.29 is 50.3 Å². The van der Waals surface area contributed by atoms with Crippen LogP contribution in [0.4, 0.5) is 18.0 Å². The zero-order valence-electron chi connectivity index (χ0n) is 26.1. The number of amides is 3. The van der Waals surface area contributed by atoms with Gasteiger partial charge in [-0.2, -0.15) is 18.2 Å². The number of imide groups is 1. The Balaban J connectivity index is 1.20. The molecule has 0 atom stereocenters. The Labute approximate surface area is 274 Å². The number of benzene rings is 2. The van der Waals surface area contributed by atoms with E-state index in [2.05, 4.69) is 15.0 Å². The second-order valence-electron chi connectivity index (χ2n) is 12.4. The average Bonchev–Trinajstić information content (AvgIpc) is 3.56. The molecular weight excluding hydrogens is 659 g/mol. The van der Waals surface area contributed by atoms with E-state index in [1.54, 1.807) is 13.8 Å². The van der Waals surface area contributed by atoms with Crippen LogP contribution in [0.25, 0.3) is 11.4 Å². The largest absolute Gasteiger partial charge is 0.455 e. The molecule has 48 heavy (non-hydrogen) atoms. The number of carbonyl (C=O) groups excluding carboxylic acids is 2. The van der Waals surface area contributed by atoms with Gasteiger partial charge in [0.2, 0.25) is 11.7 Å². The van der Waals surface area contributed by atoms with E-state index in [0.29, 0.717) is 26.3 Å². The van der Waals surface area contributed by atoms with Gasteiger partial charge in [0.05, 0.1) is 30.1 Å². The molecule has 0 unspecified atom stereocenters. The smallest absolute Gasteiger partial charge is 0.420 e. The summed E-state index contributed by atoms with van der Waals surface area (Å²) in [5.74, 6) is -1.81. The second-order valence-corrected chi connectivity index (χ2v) is 14.6. The number of carbonyl (C=O) groups is 2. The fraction of sp³-hybridized carbons (Fsp3) is 0.484. The molecule has 0 radical (unpaired) electrons. The normalized spacial score (nSPS) is 21.9. The molecule has 13 nitrogen and oxygen atoms in total. The van der Waals surface area contributed by atoms with E-state index < -0.39 is 56.2 Å². The van der Waals surface area contributed by atoms with Crippen LogP contribution in [0.15, 0.2) is 51.9 Å². The van der Waals surface area contributed by atoms with Crippen molar-refractivity contribution in [2.75, 3.05) is 39.4 Å². The molecule has 6 rings (SSSR count). The Kier molecular flexibility index (Phi) is 8.99. The molecule has 1 saturated carbocycles. The van der Waals surface area contributed by atoms with E-state index in [0.717, 1.165) is 30.1 Å². The molecule has 1 aromatic heterocycles. The standard InChI is InChI=1S/C31H34F3N5O8S/c1-30(2)28(41)38(29(42)39(30)10-9-37-11-13-45-14-12-37)18-26-35-27(36-47-26)19-7-8-23(22(15-19)31(32,33)34)46-24-5-3-4-6-25(24)48(43,44)21-16-20(40)17-21/h3-8,15,20-21,40H,9-14,16-18H2,1-2H3. The number of urea groups is 1. The molecular formula is C31H34F3N5O8S. The first-order valence-electron chi connectivity index (χ1n) is 15.3. The van der Waals surface area contributed by atoms with Gasteiger partial charge in [-0.05, 0) is 57.0 Å². The predicted molar refractivity (Wildman–Crippen MR) is 161 cm³/mol. The van der Waals surface area contributed by atoms with Crippen molar-refractivity contribution in [3.8, 4) is 22.9 Å². The lowest BCUT2D eigenvalue weighted by molar-refractivity contribution is -0.138. The van der Waals surface area contributed by atoms with Gasteiger partial charge in [-0.15, -0.1) is 0 Å². The van der Waals surface area contributed by atoms with Crippen molar-refractivity contribution in [2.45, 2.75) is 61.2 Å². The lowest BCUT2D eigenvalue weighted by Gasteiger charge is -2.32. The third kappa shape index (κ3) is 6.51. The molecule has 3 aromatic rings. The summed E-state index contributed by atoms with van der Waals surface area (Å²) in [6.07, 6.45) is -5.63. The zero-order chi connectivity index (χ0) is 34.4. The zero-order valence-corrected chi connectivity index (χ0v) is 27.0. The van der Waals surface area contributed by atoms with Gasteiger partial charge >= 0.3 is 12.2 Å². The van der Waals surface area contributed by atoms with E-state index in [9.17, 15) is 36.3 Å². The van der Waals surface area contributed by atoms with Crippen molar-refractivity contribution in [3.05, 3.63) is 53.9 Å². The highest BCUT2D eigenvalue weighted by atomic mass is 32.2. The van der Waals surface area contributed by atoms with E-state index in [1.165, 1.54) is 35.2 Å². The second kappa shape index (κ2) is 12.8. The molecule has 0 bridgehead atoms. The molecule has 17 heteroatoms. The number of sulfone groups is 1. The van der Waals surface area contributed by atoms with Crippen molar-refractivity contribution in [3.63, 3.8) is 0 Å². The van der Waals surface area contributed by atoms with E-state index >= 15 is 0 Å². The lowest BCUT2D eigenvalue weighted by Crippen LogP contribution is -2.48. The fourth-order valence-corrected chi connectivity index (χ4v) is 7.88. The van der Waals surface area contributed by atoms with Crippen LogP contribution in [0.5, 0.6) is 11.5 Å². The summed E-state index contributed by atoms with van der Waals surface area (Å²) in [6.45, 7) is 6.37. The van der Waals surface area contributed by atoms with Crippen molar-refractivity contribution >= 4 is 21.8 Å². The van der Waals surface area contributed by atoms with E-state index in [-0.39, 0.29) is 47.3 Å².